The number of amides is 3. The summed E-state index contributed by atoms with van der Waals surface area (Å²) in [5.74, 6) is -3.08. The second-order valence-corrected chi connectivity index (χ2v) is 17.1. The van der Waals surface area contributed by atoms with Gasteiger partial charge in [0, 0.05) is 83.5 Å². The Morgan fingerprint density at radius 2 is 1.79 bits per heavy atom. The Kier molecular flexibility index (Phi) is 13.5. The van der Waals surface area contributed by atoms with Gasteiger partial charge in [-0.2, -0.15) is 8.42 Å². The predicted molar refractivity (Wildman–Crippen MR) is 212 cm³/mol. The minimum atomic E-state index is -4.11. The molecule has 0 saturated carbocycles. The molecule has 56 heavy (non-hydrogen) atoms. The molecule has 3 amide bonds. The molecule has 302 valence electrons. The second kappa shape index (κ2) is 17.7. The van der Waals surface area contributed by atoms with E-state index in [9.17, 15) is 36.7 Å². The van der Waals surface area contributed by atoms with Crippen LogP contribution in [-0.4, -0.2) is 96.1 Å². The van der Waals surface area contributed by atoms with Crippen molar-refractivity contribution in [1.82, 2.24) is 15.4 Å². The standard InChI is InChI=1S/C39H49N5O10S2/c1-38(2)26(22-28(30-12-9-10-19-40-30)37(48)42(5)53-25-36(47)54-44-34(45)17-18-35(44)46)24-41-32(38)13-7-6-8-14-33-39(3,4)29-23-27(55-49)15-16-31(29)43(33)20-11-21-56(50,51)52/h6-8,13-16,22-23,40,49H,9-12,17-21,24-25H2,1-5H3,(H,50,51,52)/b8-6+,13-7+,26-22+,30-28+,33-14+. The van der Waals surface area contributed by atoms with Crippen molar-refractivity contribution in [1.29, 1.82) is 0 Å². The summed E-state index contributed by atoms with van der Waals surface area (Å²) in [5.41, 5.74) is 4.67. The average Bonchev–Trinajstić information content (AvgIpc) is 3.70. The first-order valence-electron chi connectivity index (χ1n) is 18.4. The quantitative estimate of drug-likeness (QED) is 0.0564. The molecule has 0 spiro atoms. The monoisotopic (exact) mass is 811 g/mol. The van der Waals surface area contributed by atoms with Crippen LogP contribution in [0.4, 0.5) is 5.69 Å². The molecule has 15 nitrogen and oxygen atoms in total. The number of hydrogen-bond acceptors (Lipinski definition) is 13. The highest BCUT2D eigenvalue weighted by molar-refractivity contribution is 7.93. The van der Waals surface area contributed by atoms with Crippen LogP contribution < -0.4 is 10.2 Å². The van der Waals surface area contributed by atoms with Gasteiger partial charge in [-0.05, 0) is 73.2 Å². The third-order valence-electron chi connectivity index (χ3n) is 10.3. The summed E-state index contributed by atoms with van der Waals surface area (Å²) in [6.07, 6.45) is 14.0. The lowest BCUT2D eigenvalue weighted by Crippen LogP contribution is -2.37. The molecule has 0 unspecified atom stereocenters. The summed E-state index contributed by atoms with van der Waals surface area (Å²) in [5, 5.41) is 4.71. The fraction of sp³-hybridized carbons (Fsp3) is 0.462. The SMILES string of the molecule is CN(OCC(=O)ON1C(=O)CCC1=O)C(=O)C(/C=C1\CN=C(/C=C/C=C/C=C2/N(CCCS(=O)(=O)O)c3ccc(SO)cc3C2(C)C)C1(C)C)=C1\CCCCN1. The number of likely N-dealkylation sites (N-methyl/N-ethyl adjacent to an activating group) is 1. The number of nitrogens with one attached hydrogen (secondary N) is 1. The number of anilines is 1. The lowest BCUT2D eigenvalue weighted by Gasteiger charge is -2.27. The Labute approximate surface area is 331 Å². The molecule has 0 radical (unpaired) electrons. The molecule has 1 aromatic rings. The summed E-state index contributed by atoms with van der Waals surface area (Å²) < 4.78 is 41.9. The van der Waals surface area contributed by atoms with E-state index in [0.717, 1.165) is 51.8 Å². The van der Waals surface area contributed by atoms with Gasteiger partial charge in [0.1, 0.15) is 0 Å². The van der Waals surface area contributed by atoms with Crippen molar-refractivity contribution in [2.45, 2.75) is 76.5 Å². The van der Waals surface area contributed by atoms with Crippen molar-refractivity contribution < 1.29 is 46.4 Å². The molecule has 2 saturated heterocycles. The van der Waals surface area contributed by atoms with E-state index in [4.69, 9.17) is 14.7 Å². The van der Waals surface area contributed by atoms with Crippen LogP contribution in [0.5, 0.6) is 0 Å². The van der Waals surface area contributed by atoms with Gasteiger partial charge in [-0.3, -0.25) is 28.8 Å². The fourth-order valence-corrected chi connectivity index (χ4v) is 7.83. The molecule has 0 aromatic heterocycles. The van der Waals surface area contributed by atoms with Crippen molar-refractivity contribution in [3.8, 4) is 0 Å². The first-order valence-corrected chi connectivity index (χ1v) is 20.8. The lowest BCUT2D eigenvalue weighted by molar-refractivity contribution is -0.211. The van der Waals surface area contributed by atoms with Gasteiger partial charge in [0.25, 0.3) is 27.8 Å². The number of aliphatic imine (C=N–C) groups is 1. The molecule has 0 atom stereocenters. The number of carbonyl (C=O) groups is 4. The van der Waals surface area contributed by atoms with E-state index in [1.54, 1.807) is 6.07 Å². The minimum Gasteiger partial charge on any atom is -0.388 e. The number of carbonyl (C=O) groups excluding carboxylic acids is 4. The molecule has 0 bridgehead atoms. The summed E-state index contributed by atoms with van der Waals surface area (Å²) in [7, 11) is -2.73. The Bertz CT molecular complexity index is 2020. The normalized spacial score (nSPS) is 21.7. The molecule has 4 aliphatic heterocycles. The first-order chi connectivity index (χ1) is 26.4. The highest BCUT2D eigenvalue weighted by atomic mass is 32.2. The van der Waals surface area contributed by atoms with Crippen LogP contribution in [-0.2, 0) is 44.4 Å². The maximum absolute atomic E-state index is 13.8. The molecular weight excluding hydrogens is 763 g/mol. The number of hydrogen-bond donors (Lipinski definition) is 3. The molecule has 4 aliphatic rings. The van der Waals surface area contributed by atoms with Gasteiger partial charge >= 0.3 is 5.97 Å². The topological polar surface area (TPSA) is 195 Å². The van der Waals surface area contributed by atoms with Crippen LogP contribution in [0.2, 0.25) is 0 Å². The van der Waals surface area contributed by atoms with Gasteiger partial charge in [-0.15, -0.1) is 5.06 Å². The van der Waals surface area contributed by atoms with Crippen molar-refractivity contribution >= 4 is 57.3 Å². The summed E-state index contributed by atoms with van der Waals surface area (Å²) in [4.78, 5) is 67.5. The van der Waals surface area contributed by atoms with Crippen LogP contribution in [0.15, 0.2) is 87.1 Å². The molecule has 2 fully saturated rings. The number of rotatable bonds is 14. The third kappa shape index (κ3) is 9.87. The number of imide groups is 1. The molecule has 17 heteroatoms. The molecule has 0 aliphatic carbocycles. The zero-order valence-corrected chi connectivity index (χ0v) is 33.9. The molecular formula is C39H49N5O10S2. The van der Waals surface area contributed by atoms with Gasteiger partial charge in [-0.25, -0.2) is 9.86 Å². The summed E-state index contributed by atoms with van der Waals surface area (Å²) in [6, 6.07) is 5.64. The molecule has 5 rings (SSSR count). The van der Waals surface area contributed by atoms with Gasteiger partial charge in [-0.1, -0.05) is 45.9 Å². The third-order valence-corrected chi connectivity index (χ3v) is 11.5. The van der Waals surface area contributed by atoms with E-state index >= 15 is 0 Å². The molecule has 3 N–H and O–H groups in total. The highest BCUT2D eigenvalue weighted by Crippen LogP contribution is 2.49. The Balaban J connectivity index is 1.29. The van der Waals surface area contributed by atoms with Crippen LogP contribution in [0.3, 0.4) is 0 Å². The van der Waals surface area contributed by atoms with Gasteiger partial charge in [0.15, 0.2) is 6.61 Å². The van der Waals surface area contributed by atoms with Crippen molar-refractivity contribution in [3.63, 3.8) is 0 Å². The summed E-state index contributed by atoms with van der Waals surface area (Å²) >= 11 is 0.663. The van der Waals surface area contributed by atoms with Crippen molar-refractivity contribution in [2.75, 3.05) is 43.9 Å². The number of benzene rings is 1. The maximum atomic E-state index is 13.8. The lowest BCUT2D eigenvalue weighted by atomic mass is 9.80. The number of fused-ring (bicyclic) bond motifs is 1. The number of nitrogens with zero attached hydrogens (tertiary/aromatic N) is 4. The van der Waals surface area contributed by atoms with E-state index in [-0.39, 0.29) is 25.0 Å². The Morgan fingerprint density at radius 3 is 2.45 bits per heavy atom. The van der Waals surface area contributed by atoms with E-state index in [0.29, 0.717) is 53.6 Å². The van der Waals surface area contributed by atoms with E-state index in [2.05, 4.69) is 19.2 Å². The van der Waals surface area contributed by atoms with E-state index < -0.39 is 51.2 Å². The number of hydroxylamine groups is 4. The maximum Gasteiger partial charge on any atom is 0.361 e. The van der Waals surface area contributed by atoms with Crippen LogP contribution in [0.1, 0.15) is 71.8 Å². The van der Waals surface area contributed by atoms with Crippen molar-refractivity contribution in [3.05, 3.63) is 82.8 Å². The largest absolute Gasteiger partial charge is 0.388 e. The van der Waals surface area contributed by atoms with Gasteiger partial charge in [0.05, 0.1) is 17.9 Å². The number of allylic oxidation sites excluding steroid dienone is 7. The van der Waals surface area contributed by atoms with E-state index in [1.807, 2.05) is 67.3 Å². The fourth-order valence-electron chi connectivity index (χ4n) is 7.03. The van der Waals surface area contributed by atoms with Crippen molar-refractivity contribution in [2.24, 2.45) is 10.4 Å². The predicted octanol–water partition coefficient (Wildman–Crippen LogP) is 5.06. The first kappa shape index (κ1) is 42.6. The van der Waals surface area contributed by atoms with Crippen LogP contribution >= 0.6 is 12.0 Å². The second-order valence-electron chi connectivity index (χ2n) is 14.9. The van der Waals surface area contributed by atoms with Crippen LogP contribution in [0.25, 0.3) is 0 Å². The smallest absolute Gasteiger partial charge is 0.361 e. The molecule has 1 aromatic carbocycles. The number of piperidine rings is 1. The van der Waals surface area contributed by atoms with E-state index in [1.165, 1.54) is 7.05 Å². The minimum absolute atomic E-state index is 0.0391. The highest BCUT2D eigenvalue weighted by Gasteiger charge is 2.40. The zero-order valence-electron chi connectivity index (χ0n) is 32.2. The van der Waals surface area contributed by atoms with Gasteiger partial charge < -0.3 is 19.6 Å². The molecule has 4 heterocycles. The zero-order chi connectivity index (χ0) is 40.8. The average molecular weight is 812 g/mol. The van der Waals surface area contributed by atoms with Crippen LogP contribution in [0, 0.1) is 5.41 Å². The Hall–Kier alpha value is -4.55. The van der Waals surface area contributed by atoms with Gasteiger partial charge in [0.2, 0.25) is 0 Å². The summed E-state index contributed by atoms with van der Waals surface area (Å²) in [6.45, 7) is 8.92. The Morgan fingerprint density at radius 1 is 1.05 bits per heavy atom.